The van der Waals surface area contributed by atoms with E-state index in [2.05, 4.69) is 20.6 Å². The quantitative estimate of drug-likeness (QED) is 0.607. The third-order valence-corrected chi connectivity index (χ3v) is 5.80. The number of nitrogens with zero attached hydrogens (tertiary/aromatic N) is 3. The number of anilines is 3. The van der Waals surface area contributed by atoms with Gasteiger partial charge in [-0.15, -0.1) is 0 Å². The van der Waals surface area contributed by atoms with E-state index in [9.17, 15) is 9.18 Å². The molecule has 5 rings (SSSR count). The molecule has 1 amide bonds. The number of halogens is 3. The molecule has 0 bridgehead atoms. The van der Waals surface area contributed by atoms with Crippen molar-refractivity contribution in [1.82, 2.24) is 15.3 Å². The van der Waals surface area contributed by atoms with Gasteiger partial charge in [-0.05, 0) is 48.4 Å². The first-order valence-electron chi connectivity index (χ1n) is 9.56. The Balaban J connectivity index is 1.42. The van der Waals surface area contributed by atoms with Crippen LogP contribution >= 0.6 is 23.2 Å². The number of benzene rings is 2. The van der Waals surface area contributed by atoms with Gasteiger partial charge < -0.3 is 15.4 Å². The Morgan fingerprint density at radius 1 is 1.19 bits per heavy atom. The molecule has 0 spiro atoms. The van der Waals surface area contributed by atoms with E-state index in [1.807, 2.05) is 0 Å². The van der Waals surface area contributed by atoms with E-state index in [4.69, 9.17) is 27.9 Å². The Hall–Kier alpha value is -2.94. The lowest BCUT2D eigenvalue weighted by Gasteiger charge is -2.29. The van der Waals surface area contributed by atoms with Crippen molar-refractivity contribution in [2.75, 3.05) is 23.5 Å². The van der Waals surface area contributed by atoms with E-state index in [0.29, 0.717) is 22.3 Å². The van der Waals surface area contributed by atoms with Crippen molar-refractivity contribution in [3.8, 4) is 5.88 Å². The lowest BCUT2D eigenvalue weighted by Crippen LogP contribution is -2.39. The van der Waals surface area contributed by atoms with Crippen LogP contribution in [0.2, 0.25) is 10.0 Å². The molecule has 0 saturated carbocycles. The first kappa shape index (κ1) is 20.0. The fourth-order valence-corrected chi connectivity index (χ4v) is 4.25. The molecular formula is C21H16Cl2FN5O2. The summed E-state index contributed by atoms with van der Waals surface area (Å²) >= 11 is 12.4. The van der Waals surface area contributed by atoms with Gasteiger partial charge in [0.25, 0.3) is 5.91 Å². The summed E-state index contributed by atoms with van der Waals surface area (Å²) in [7, 11) is 0. The molecule has 0 unspecified atom stereocenters. The number of fused-ring (bicyclic) bond motifs is 2. The second-order valence-corrected chi connectivity index (χ2v) is 7.96. The summed E-state index contributed by atoms with van der Waals surface area (Å²) in [6, 6.07) is 8.24. The lowest BCUT2D eigenvalue weighted by atomic mass is 10.00. The molecule has 10 heteroatoms. The highest BCUT2D eigenvalue weighted by Crippen LogP contribution is 2.37. The second-order valence-electron chi connectivity index (χ2n) is 7.14. The normalized spacial score (nSPS) is 15.2. The maximum absolute atomic E-state index is 14.5. The van der Waals surface area contributed by atoms with Crippen LogP contribution < -0.4 is 20.3 Å². The average Bonchev–Trinajstić information content (AvgIpc) is 2.75. The lowest BCUT2D eigenvalue weighted by molar-refractivity contribution is 0.0932. The van der Waals surface area contributed by atoms with Crippen molar-refractivity contribution in [2.24, 2.45) is 0 Å². The molecule has 158 valence electrons. The summed E-state index contributed by atoms with van der Waals surface area (Å²) in [6.07, 6.45) is 2.15. The third kappa shape index (κ3) is 3.67. The monoisotopic (exact) mass is 459 g/mol. The molecule has 31 heavy (non-hydrogen) atoms. The van der Waals surface area contributed by atoms with E-state index < -0.39 is 11.7 Å². The summed E-state index contributed by atoms with van der Waals surface area (Å²) in [5, 5.41) is 6.75. The summed E-state index contributed by atoms with van der Waals surface area (Å²) in [5.74, 6) is -0.566. The molecule has 2 aliphatic rings. The second kappa shape index (κ2) is 7.96. The number of rotatable bonds is 3. The molecule has 0 saturated heterocycles. The fraction of sp³-hybridized carbons (Fsp3) is 0.190. The van der Waals surface area contributed by atoms with Gasteiger partial charge in [0.2, 0.25) is 11.8 Å². The topological polar surface area (TPSA) is 79.4 Å². The number of hydrogen-bond donors (Lipinski definition) is 2. The highest BCUT2D eigenvalue weighted by Gasteiger charge is 2.31. The Labute approximate surface area is 187 Å². The number of carbonyl (C=O) groups excluding carboxylic acids is 1. The van der Waals surface area contributed by atoms with Gasteiger partial charge in [0.05, 0.1) is 21.4 Å². The molecule has 0 fully saturated rings. The summed E-state index contributed by atoms with van der Waals surface area (Å²) < 4.78 is 20.2. The van der Waals surface area contributed by atoms with Gasteiger partial charge in [0, 0.05) is 12.7 Å². The summed E-state index contributed by atoms with van der Waals surface area (Å²) in [4.78, 5) is 22.7. The number of para-hydroxylation sites is 1. The molecule has 7 nitrogen and oxygen atoms in total. The Morgan fingerprint density at radius 2 is 2.00 bits per heavy atom. The van der Waals surface area contributed by atoms with Crippen LogP contribution in [-0.2, 0) is 13.0 Å². The minimum atomic E-state index is -0.402. The number of carbonyl (C=O) groups is 1. The minimum Gasteiger partial charge on any atom is -0.455 e. The number of nitrogens with one attached hydrogen (secondary N) is 2. The minimum absolute atomic E-state index is 0.101. The van der Waals surface area contributed by atoms with Gasteiger partial charge in [-0.25, -0.2) is 9.37 Å². The number of amides is 1. The van der Waals surface area contributed by atoms with Gasteiger partial charge in [0.15, 0.2) is 6.73 Å². The predicted octanol–water partition coefficient (Wildman–Crippen LogP) is 4.31. The summed E-state index contributed by atoms with van der Waals surface area (Å²) in [5.41, 5.74) is 2.79. The van der Waals surface area contributed by atoms with Crippen molar-refractivity contribution in [2.45, 2.75) is 13.0 Å². The maximum atomic E-state index is 14.5. The maximum Gasteiger partial charge on any atom is 0.268 e. The SMILES string of the molecule is O=C1c2cnc(Nc3cc4c(cc3F)CNCC4)nc2OCN1c1c(Cl)cccc1Cl. The van der Waals surface area contributed by atoms with Crippen LogP contribution in [0.5, 0.6) is 5.88 Å². The molecule has 2 aliphatic heterocycles. The van der Waals surface area contributed by atoms with Gasteiger partial charge in [0.1, 0.15) is 11.4 Å². The Kier molecular flexibility index (Phi) is 5.13. The van der Waals surface area contributed by atoms with Crippen molar-refractivity contribution in [3.63, 3.8) is 0 Å². The highest BCUT2D eigenvalue weighted by molar-refractivity contribution is 6.40. The zero-order valence-corrected chi connectivity index (χ0v) is 17.6. The van der Waals surface area contributed by atoms with Crippen molar-refractivity contribution in [3.05, 3.63) is 69.1 Å². The van der Waals surface area contributed by atoms with Gasteiger partial charge >= 0.3 is 0 Å². The molecule has 0 radical (unpaired) electrons. The van der Waals surface area contributed by atoms with Crippen LogP contribution in [0.1, 0.15) is 21.5 Å². The van der Waals surface area contributed by atoms with E-state index in [0.717, 1.165) is 24.1 Å². The standard InChI is InChI=1S/C21H16Cl2FN5O2/c22-14-2-1-3-15(23)18(14)29-10-31-19-13(20(29)30)9-26-21(28-19)27-17-7-11-4-5-25-8-12(11)6-16(17)24/h1-3,6-7,9,25H,4-5,8,10H2,(H,26,27,28). The van der Waals surface area contributed by atoms with Gasteiger partial charge in [-0.3, -0.25) is 9.69 Å². The molecule has 1 aromatic heterocycles. The average molecular weight is 460 g/mol. The number of aromatic nitrogens is 2. The molecule has 2 N–H and O–H groups in total. The number of ether oxygens (including phenoxy) is 1. The van der Waals surface area contributed by atoms with Crippen LogP contribution in [0.15, 0.2) is 36.5 Å². The van der Waals surface area contributed by atoms with E-state index in [-0.39, 0.29) is 29.8 Å². The van der Waals surface area contributed by atoms with Crippen molar-refractivity contribution >= 4 is 46.4 Å². The van der Waals surface area contributed by atoms with Crippen molar-refractivity contribution in [1.29, 1.82) is 0 Å². The Bertz CT molecular complexity index is 1190. The van der Waals surface area contributed by atoms with E-state index in [1.165, 1.54) is 17.2 Å². The predicted molar refractivity (Wildman–Crippen MR) is 116 cm³/mol. The van der Waals surface area contributed by atoms with E-state index in [1.54, 1.807) is 24.3 Å². The first-order chi connectivity index (χ1) is 15.0. The summed E-state index contributed by atoms with van der Waals surface area (Å²) in [6.45, 7) is 1.37. The van der Waals surface area contributed by atoms with Crippen LogP contribution in [0.25, 0.3) is 0 Å². The zero-order chi connectivity index (χ0) is 21.5. The molecular weight excluding hydrogens is 444 g/mol. The fourth-order valence-electron chi connectivity index (χ4n) is 3.64. The van der Waals surface area contributed by atoms with Crippen molar-refractivity contribution < 1.29 is 13.9 Å². The van der Waals surface area contributed by atoms with E-state index >= 15 is 0 Å². The number of hydrogen-bond acceptors (Lipinski definition) is 6. The Morgan fingerprint density at radius 3 is 2.81 bits per heavy atom. The van der Waals surface area contributed by atoms with Crippen LogP contribution in [0, 0.1) is 5.82 Å². The molecule has 0 aliphatic carbocycles. The van der Waals surface area contributed by atoms with Gasteiger partial charge in [-0.1, -0.05) is 29.3 Å². The first-order valence-corrected chi connectivity index (χ1v) is 10.3. The largest absolute Gasteiger partial charge is 0.455 e. The third-order valence-electron chi connectivity index (χ3n) is 5.19. The van der Waals surface area contributed by atoms with Crippen LogP contribution in [0.4, 0.5) is 21.7 Å². The molecule has 2 aromatic carbocycles. The smallest absolute Gasteiger partial charge is 0.268 e. The van der Waals surface area contributed by atoms with Crippen LogP contribution in [0.3, 0.4) is 0 Å². The zero-order valence-electron chi connectivity index (χ0n) is 16.1. The molecule has 3 aromatic rings. The molecule has 3 heterocycles. The highest BCUT2D eigenvalue weighted by atomic mass is 35.5. The van der Waals surface area contributed by atoms with Crippen LogP contribution in [-0.4, -0.2) is 29.2 Å². The molecule has 0 atom stereocenters. The van der Waals surface area contributed by atoms with Gasteiger partial charge in [-0.2, -0.15) is 4.98 Å².